The molecule has 0 aromatic rings. The van der Waals surface area contributed by atoms with Gasteiger partial charge in [0.1, 0.15) is 6.04 Å². The Morgan fingerprint density at radius 2 is 2.17 bits per heavy atom. The second-order valence-electron chi connectivity index (χ2n) is 2.65. The van der Waals surface area contributed by atoms with Crippen molar-refractivity contribution in [2.45, 2.75) is 24.6 Å². The standard InChI is InChI=1S/C6H11NO4.ClH/c8-2-4-5(9)1-3(7-4)6(10)11;/h3-5,7-9H,1-2H2,(H,10,11);1H/t3-,4+,5-;/m0./s1. The lowest BCUT2D eigenvalue weighted by atomic mass is 10.1. The number of rotatable bonds is 2. The quantitative estimate of drug-likeness (QED) is 0.436. The van der Waals surface area contributed by atoms with Crippen molar-refractivity contribution in [2.24, 2.45) is 0 Å². The van der Waals surface area contributed by atoms with E-state index in [1.54, 1.807) is 0 Å². The molecule has 5 nitrogen and oxygen atoms in total. The Morgan fingerprint density at radius 1 is 1.58 bits per heavy atom. The normalized spacial score (nSPS) is 34.3. The molecule has 1 saturated heterocycles. The number of aliphatic hydroxyl groups is 2. The van der Waals surface area contributed by atoms with Gasteiger partial charge in [-0.15, -0.1) is 12.4 Å². The Bertz CT molecular complexity index is 166. The van der Waals surface area contributed by atoms with Crippen LogP contribution in [0.5, 0.6) is 0 Å². The van der Waals surface area contributed by atoms with Gasteiger partial charge in [0.15, 0.2) is 0 Å². The molecule has 72 valence electrons. The van der Waals surface area contributed by atoms with Gasteiger partial charge in [0.05, 0.1) is 18.8 Å². The van der Waals surface area contributed by atoms with Crippen molar-refractivity contribution in [3.05, 3.63) is 0 Å². The Labute approximate surface area is 75.8 Å². The van der Waals surface area contributed by atoms with E-state index in [0.717, 1.165) is 0 Å². The molecule has 12 heavy (non-hydrogen) atoms. The average molecular weight is 198 g/mol. The summed E-state index contributed by atoms with van der Waals surface area (Å²) in [6.45, 7) is -0.231. The lowest BCUT2D eigenvalue weighted by Gasteiger charge is -2.09. The topological polar surface area (TPSA) is 89.8 Å². The van der Waals surface area contributed by atoms with Crippen LogP contribution in [-0.4, -0.2) is 46.1 Å². The number of aliphatic carboxylic acids is 1. The van der Waals surface area contributed by atoms with Crippen molar-refractivity contribution in [2.75, 3.05) is 6.61 Å². The third-order valence-corrected chi connectivity index (χ3v) is 1.85. The SMILES string of the molecule is Cl.O=C(O)[C@@H]1C[C@H](O)[C@@H](CO)N1. The van der Waals surface area contributed by atoms with Crippen LogP contribution >= 0.6 is 12.4 Å². The zero-order valence-electron chi connectivity index (χ0n) is 6.30. The summed E-state index contributed by atoms with van der Waals surface area (Å²) in [6.07, 6.45) is -0.582. The molecule has 0 spiro atoms. The second kappa shape index (κ2) is 4.61. The van der Waals surface area contributed by atoms with Crippen LogP contribution in [0.25, 0.3) is 0 Å². The van der Waals surface area contributed by atoms with Crippen molar-refractivity contribution < 1.29 is 20.1 Å². The van der Waals surface area contributed by atoms with Gasteiger partial charge in [-0.2, -0.15) is 0 Å². The molecule has 1 aliphatic rings. The molecule has 0 saturated carbocycles. The van der Waals surface area contributed by atoms with Gasteiger partial charge in [0.2, 0.25) is 0 Å². The fourth-order valence-corrected chi connectivity index (χ4v) is 1.19. The molecule has 0 bridgehead atoms. The van der Waals surface area contributed by atoms with Gasteiger partial charge in [-0.1, -0.05) is 0 Å². The summed E-state index contributed by atoms with van der Waals surface area (Å²) in [5.41, 5.74) is 0. The number of halogens is 1. The monoisotopic (exact) mass is 197 g/mol. The van der Waals surface area contributed by atoms with E-state index in [0.29, 0.717) is 0 Å². The Morgan fingerprint density at radius 3 is 2.42 bits per heavy atom. The Balaban J connectivity index is 0.00000121. The van der Waals surface area contributed by atoms with Crippen LogP contribution < -0.4 is 5.32 Å². The van der Waals surface area contributed by atoms with Crippen LogP contribution in [0.3, 0.4) is 0 Å². The van der Waals surface area contributed by atoms with Crippen molar-refractivity contribution in [1.29, 1.82) is 0 Å². The van der Waals surface area contributed by atoms with E-state index in [1.165, 1.54) is 0 Å². The molecule has 0 aliphatic carbocycles. The van der Waals surface area contributed by atoms with Crippen LogP contribution in [0.4, 0.5) is 0 Å². The maximum Gasteiger partial charge on any atom is 0.320 e. The summed E-state index contributed by atoms with van der Waals surface area (Å²) in [6, 6.07) is -1.21. The predicted molar refractivity (Wildman–Crippen MR) is 43.3 cm³/mol. The van der Waals surface area contributed by atoms with Gasteiger partial charge in [-0.25, -0.2) is 0 Å². The number of nitrogens with one attached hydrogen (secondary N) is 1. The molecule has 4 N–H and O–H groups in total. The maximum absolute atomic E-state index is 10.4. The van der Waals surface area contributed by atoms with Gasteiger partial charge in [-0.05, 0) is 0 Å². The zero-order valence-corrected chi connectivity index (χ0v) is 7.12. The van der Waals surface area contributed by atoms with Crippen LogP contribution in [0, 0.1) is 0 Å². The number of carbonyl (C=O) groups is 1. The molecule has 1 heterocycles. The predicted octanol–water partition coefficient (Wildman–Crippen LogP) is -1.42. The number of carboxylic acids is 1. The number of aliphatic hydroxyl groups excluding tert-OH is 2. The van der Waals surface area contributed by atoms with E-state index in [-0.39, 0.29) is 25.4 Å². The van der Waals surface area contributed by atoms with Crippen molar-refractivity contribution in [3.8, 4) is 0 Å². The smallest absolute Gasteiger partial charge is 0.320 e. The first kappa shape index (κ1) is 11.6. The molecule has 1 aliphatic heterocycles. The molecular formula is C6H12ClNO4. The summed E-state index contributed by atoms with van der Waals surface area (Å²) < 4.78 is 0. The Kier molecular flexibility index (Phi) is 4.47. The molecule has 0 aromatic heterocycles. The highest BCUT2D eigenvalue weighted by atomic mass is 35.5. The first-order valence-corrected chi connectivity index (χ1v) is 3.43. The molecule has 0 radical (unpaired) electrons. The first-order valence-electron chi connectivity index (χ1n) is 3.43. The summed E-state index contributed by atoms with van der Waals surface area (Å²) in [7, 11) is 0. The van der Waals surface area contributed by atoms with E-state index in [4.69, 9.17) is 15.3 Å². The van der Waals surface area contributed by atoms with E-state index < -0.39 is 24.2 Å². The minimum absolute atomic E-state index is 0. The van der Waals surface area contributed by atoms with Crippen LogP contribution in [0.2, 0.25) is 0 Å². The lowest BCUT2D eigenvalue weighted by Crippen LogP contribution is -2.39. The summed E-state index contributed by atoms with van der Waals surface area (Å²) in [4.78, 5) is 10.4. The number of hydrogen-bond donors (Lipinski definition) is 4. The van der Waals surface area contributed by atoms with Gasteiger partial charge in [-0.3, -0.25) is 10.1 Å². The van der Waals surface area contributed by atoms with Gasteiger partial charge < -0.3 is 15.3 Å². The van der Waals surface area contributed by atoms with Crippen LogP contribution in [0.1, 0.15) is 6.42 Å². The summed E-state index contributed by atoms with van der Waals surface area (Å²) >= 11 is 0. The van der Waals surface area contributed by atoms with Gasteiger partial charge in [0.25, 0.3) is 0 Å². The molecule has 6 heteroatoms. The number of carboxylic acid groups (broad SMARTS) is 1. The zero-order chi connectivity index (χ0) is 8.43. The Hall–Kier alpha value is -0.360. The lowest BCUT2D eigenvalue weighted by molar-refractivity contribution is -0.139. The fourth-order valence-electron chi connectivity index (χ4n) is 1.19. The molecule has 0 aromatic carbocycles. The summed E-state index contributed by atoms with van der Waals surface area (Å²) in [5, 5.41) is 28.8. The minimum Gasteiger partial charge on any atom is -0.480 e. The van der Waals surface area contributed by atoms with Crippen molar-refractivity contribution in [1.82, 2.24) is 5.32 Å². The van der Waals surface area contributed by atoms with E-state index in [1.807, 2.05) is 0 Å². The average Bonchev–Trinajstić information content (AvgIpc) is 2.31. The highest BCUT2D eigenvalue weighted by molar-refractivity contribution is 5.85. The molecule has 3 atom stereocenters. The maximum atomic E-state index is 10.4. The highest BCUT2D eigenvalue weighted by Crippen LogP contribution is 2.12. The van der Waals surface area contributed by atoms with Crippen molar-refractivity contribution >= 4 is 18.4 Å². The highest BCUT2D eigenvalue weighted by Gasteiger charge is 2.35. The summed E-state index contributed by atoms with van der Waals surface area (Å²) in [5.74, 6) is -0.986. The van der Waals surface area contributed by atoms with Crippen molar-refractivity contribution in [3.63, 3.8) is 0 Å². The molecular weight excluding hydrogens is 186 g/mol. The van der Waals surface area contributed by atoms with Crippen LogP contribution in [-0.2, 0) is 4.79 Å². The second-order valence-corrected chi connectivity index (χ2v) is 2.65. The van der Waals surface area contributed by atoms with E-state index >= 15 is 0 Å². The molecule has 1 fully saturated rings. The minimum atomic E-state index is -0.986. The molecule has 0 amide bonds. The molecule has 0 unspecified atom stereocenters. The van der Waals surface area contributed by atoms with Gasteiger partial charge in [0, 0.05) is 6.42 Å². The third kappa shape index (κ3) is 2.31. The fraction of sp³-hybridized carbons (Fsp3) is 0.833. The van der Waals surface area contributed by atoms with E-state index in [9.17, 15) is 4.79 Å². The molecule has 1 rings (SSSR count). The first-order chi connectivity index (χ1) is 5.15. The third-order valence-electron chi connectivity index (χ3n) is 1.85. The number of hydrogen-bond acceptors (Lipinski definition) is 4. The van der Waals surface area contributed by atoms with E-state index in [2.05, 4.69) is 5.32 Å². The largest absolute Gasteiger partial charge is 0.480 e. The van der Waals surface area contributed by atoms with Crippen LogP contribution in [0.15, 0.2) is 0 Å². The van der Waals surface area contributed by atoms with Gasteiger partial charge >= 0.3 is 5.97 Å².